The second-order valence-electron chi connectivity index (χ2n) is 1.21. The molecule has 0 rings (SSSR count). The molecule has 0 unspecified atom stereocenters. The van der Waals surface area contributed by atoms with Gasteiger partial charge in [-0.2, -0.15) is 0 Å². The van der Waals surface area contributed by atoms with Crippen molar-refractivity contribution in [2.75, 3.05) is 0 Å². The van der Waals surface area contributed by atoms with Gasteiger partial charge in [-0.15, -0.1) is 0 Å². The summed E-state index contributed by atoms with van der Waals surface area (Å²) in [4.78, 5) is 0. The standard InChI is InChI=1S/C4H6Cl2N2O/c5-2(1-7)3(6)4(8)9/h1,9H,7-8H2/b2-1+,4-3-. The fraction of sp³-hybridized carbons (Fsp3) is 0. The summed E-state index contributed by atoms with van der Waals surface area (Å²) in [5, 5.41) is 8.35. The van der Waals surface area contributed by atoms with Crippen LogP contribution in [0.15, 0.2) is 22.1 Å². The van der Waals surface area contributed by atoms with E-state index in [-0.39, 0.29) is 10.1 Å². The summed E-state index contributed by atoms with van der Waals surface area (Å²) in [6.45, 7) is 0. The average molecular weight is 169 g/mol. The van der Waals surface area contributed by atoms with Crippen LogP contribution in [-0.4, -0.2) is 5.11 Å². The third-order valence-electron chi connectivity index (χ3n) is 0.581. The zero-order valence-corrected chi connectivity index (χ0v) is 5.95. The lowest BCUT2D eigenvalue weighted by Gasteiger charge is -1.94. The van der Waals surface area contributed by atoms with E-state index in [2.05, 4.69) is 0 Å². The maximum Gasteiger partial charge on any atom is 0.202 e. The molecule has 0 aromatic heterocycles. The summed E-state index contributed by atoms with van der Waals surface area (Å²) < 4.78 is 0. The molecule has 0 aromatic rings. The van der Waals surface area contributed by atoms with Gasteiger partial charge in [-0.25, -0.2) is 0 Å². The molecule has 5 N–H and O–H groups in total. The summed E-state index contributed by atoms with van der Waals surface area (Å²) in [5.74, 6) is -0.539. The molecule has 0 aliphatic rings. The normalized spacial score (nSPS) is 15.1. The zero-order valence-electron chi connectivity index (χ0n) is 4.44. The van der Waals surface area contributed by atoms with Crippen LogP contribution in [0.2, 0.25) is 0 Å². The second kappa shape index (κ2) is 3.48. The van der Waals surface area contributed by atoms with Gasteiger partial charge in [-0.1, -0.05) is 23.2 Å². The van der Waals surface area contributed by atoms with E-state index in [1.165, 1.54) is 0 Å². The van der Waals surface area contributed by atoms with E-state index in [0.29, 0.717) is 0 Å². The molecule has 0 spiro atoms. The van der Waals surface area contributed by atoms with Gasteiger partial charge in [0.1, 0.15) is 5.03 Å². The van der Waals surface area contributed by atoms with E-state index in [4.69, 9.17) is 39.8 Å². The summed E-state index contributed by atoms with van der Waals surface area (Å²) in [6, 6.07) is 0. The first kappa shape index (κ1) is 8.46. The van der Waals surface area contributed by atoms with Gasteiger partial charge in [0.05, 0.1) is 5.03 Å². The number of nitrogens with two attached hydrogens (primary N) is 2. The first-order valence-electron chi connectivity index (χ1n) is 2.01. The molecule has 0 aliphatic heterocycles. The highest BCUT2D eigenvalue weighted by atomic mass is 35.5. The Morgan fingerprint density at radius 1 is 1.44 bits per heavy atom. The second-order valence-corrected chi connectivity index (χ2v) is 2.00. The topological polar surface area (TPSA) is 72.3 Å². The van der Waals surface area contributed by atoms with Crippen LogP contribution in [-0.2, 0) is 0 Å². The van der Waals surface area contributed by atoms with E-state index in [1.54, 1.807) is 0 Å². The van der Waals surface area contributed by atoms with Crippen molar-refractivity contribution in [3.63, 3.8) is 0 Å². The van der Waals surface area contributed by atoms with E-state index >= 15 is 0 Å². The highest BCUT2D eigenvalue weighted by molar-refractivity contribution is 6.43. The summed E-state index contributed by atoms with van der Waals surface area (Å²) >= 11 is 10.6. The maximum atomic E-state index is 8.47. The number of aliphatic hydroxyl groups excluding tert-OH is 1. The molecule has 0 heterocycles. The third-order valence-corrected chi connectivity index (χ3v) is 1.39. The Morgan fingerprint density at radius 3 is 2.00 bits per heavy atom. The van der Waals surface area contributed by atoms with Crippen LogP contribution in [0.5, 0.6) is 0 Å². The molecule has 0 radical (unpaired) electrons. The quantitative estimate of drug-likeness (QED) is 0.404. The van der Waals surface area contributed by atoms with Crippen LogP contribution in [0.4, 0.5) is 0 Å². The molecule has 0 amide bonds. The monoisotopic (exact) mass is 168 g/mol. The predicted molar refractivity (Wildman–Crippen MR) is 37.8 cm³/mol. The number of halogens is 2. The smallest absolute Gasteiger partial charge is 0.202 e. The van der Waals surface area contributed by atoms with Gasteiger partial charge in [0.15, 0.2) is 0 Å². The molecule has 0 aromatic carbocycles. The van der Waals surface area contributed by atoms with Crippen molar-refractivity contribution in [2.45, 2.75) is 0 Å². The van der Waals surface area contributed by atoms with Crippen molar-refractivity contribution in [3.8, 4) is 0 Å². The summed E-state index contributed by atoms with van der Waals surface area (Å²) in [7, 11) is 0. The highest BCUT2D eigenvalue weighted by Gasteiger charge is 2.01. The fourth-order valence-corrected chi connectivity index (χ4v) is 0.355. The molecular formula is C4H6Cl2N2O. The number of allylic oxidation sites excluding steroid dienone is 2. The molecule has 0 saturated carbocycles. The molecule has 5 heteroatoms. The van der Waals surface area contributed by atoms with E-state index < -0.39 is 5.88 Å². The Labute approximate surface area is 62.5 Å². The van der Waals surface area contributed by atoms with Gasteiger partial charge in [-0.05, 0) is 0 Å². The Hall–Kier alpha value is -0.540. The van der Waals surface area contributed by atoms with Crippen molar-refractivity contribution in [2.24, 2.45) is 11.5 Å². The van der Waals surface area contributed by atoms with Gasteiger partial charge < -0.3 is 16.6 Å². The molecule has 52 valence electrons. The van der Waals surface area contributed by atoms with Crippen molar-refractivity contribution in [3.05, 3.63) is 22.1 Å². The third kappa shape index (κ3) is 2.49. The summed E-state index contributed by atoms with van der Waals surface area (Å²) in [5.41, 5.74) is 9.77. The summed E-state index contributed by atoms with van der Waals surface area (Å²) in [6.07, 6.45) is 1.03. The molecule has 0 fully saturated rings. The lowest BCUT2D eigenvalue weighted by Crippen LogP contribution is -1.98. The number of hydrogen-bond donors (Lipinski definition) is 3. The Bertz CT molecular complexity index is 160. The van der Waals surface area contributed by atoms with Gasteiger partial charge >= 0.3 is 0 Å². The number of hydrogen-bond acceptors (Lipinski definition) is 3. The molecule has 9 heavy (non-hydrogen) atoms. The van der Waals surface area contributed by atoms with Gasteiger partial charge in [-0.3, -0.25) is 0 Å². The molecule has 0 saturated heterocycles. The predicted octanol–water partition coefficient (Wildman–Crippen LogP) is 0.950. The van der Waals surface area contributed by atoms with Crippen LogP contribution in [0.1, 0.15) is 0 Å². The highest BCUT2D eigenvalue weighted by Crippen LogP contribution is 2.17. The van der Waals surface area contributed by atoms with Crippen LogP contribution in [0.3, 0.4) is 0 Å². The van der Waals surface area contributed by atoms with E-state index in [0.717, 1.165) is 6.20 Å². The lowest BCUT2D eigenvalue weighted by atomic mass is 10.5. The van der Waals surface area contributed by atoms with Crippen molar-refractivity contribution in [1.29, 1.82) is 0 Å². The minimum Gasteiger partial charge on any atom is -0.494 e. The first-order valence-corrected chi connectivity index (χ1v) is 2.77. The van der Waals surface area contributed by atoms with Crippen LogP contribution in [0.25, 0.3) is 0 Å². The van der Waals surface area contributed by atoms with Crippen molar-refractivity contribution in [1.82, 2.24) is 0 Å². The van der Waals surface area contributed by atoms with Gasteiger partial charge in [0.25, 0.3) is 0 Å². The minimum absolute atomic E-state index is 0.0247. The van der Waals surface area contributed by atoms with Crippen LogP contribution in [0, 0.1) is 0 Å². The van der Waals surface area contributed by atoms with Crippen LogP contribution < -0.4 is 11.5 Å². The van der Waals surface area contributed by atoms with Crippen LogP contribution >= 0.6 is 23.2 Å². The van der Waals surface area contributed by atoms with Crippen molar-refractivity contribution < 1.29 is 5.11 Å². The minimum atomic E-state index is -0.539. The van der Waals surface area contributed by atoms with Gasteiger partial charge in [0, 0.05) is 6.20 Å². The zero-order chi connectivity index (χ0) is 7.44. The molecule has 3 nitrogen and oxygen atoms in total. The molecule has 0 bridgehead atoms. The number of rotatable bonds is 1. The van der Waals surface area contributed by atoms with Gasteiger partial charge in [0.2, 0.25) is 5.88 Å². The molecule has 0 aliphatic carbocycles. The number of aliphatic hydroxyl groups is 1. The Kier molecular flexibility index (Phi) is 3.27. The van der Waals surface area contributed by atoms with E-state index in [9.17, 15) is 0 Å². The maximum absolute atomic E-state index is 8.47. The Balaban J connectivity index is 4.40. The first-order chi connectivity index (χ1) is 4.09. The molecule has 0 atom stereocenters. The SMILES string of the molecule is N/C=C(Cl)\C(Cl)=C(/N)O. The molecular weight excluding hydrogens is 163 g/mol. The lowest BCUT2D eigenvalue weighted by molar-refractivity contribution is 0.404. The Morgan fingerprint density at radius 2 is 1.89 bits per heavy atom. The average Bonchev–Trinajstić information content (AvgIpc) is 1.84. The fourth-order valence-electron chi connectivity index (χ4n) is 0.196. The largest absolute Gasteiger partial charge is 0.494 e. The van der Waals surface area contributed by atoms with Crippen molar-refractivity contribution >= 4 is 23.2 Å². The van der Waals surface area contributed by atoms with E-state index in [1.807, 2.05) is 0 Å².